The van der Waals surface area contributed by atoms with Gasteiger partial charge in [0.15, 0.2) is 32.8 Å². The molecule has 1 fully saturated rings. The fourth-order valence-corrected chi connectivity index (χ4v) is 6.45. The lowest BCUT2D eigenvalue weighted by atomic mass is 10.0. The Labute approximate surface area is 245 Å². The van der Waals surface area contributed by atoms with Gasteiger partial charge in [-0.2, -0.15) is 0 Å². The van der Waals surface area contributed by atoms with Crippen molar-refractivity contribution in [1.29, 1.82) is 0 Å². The summed E-state index contributed by atoms with van der Waals surface area (Å²) in [6.07, 6.45) is 3.01. The van der Waals surface area contributed by atoms with Gasteiger partial charge in [-0.15, -0.1) is 0 Å². The summed E-state index contributed by atoms with van der Waals surface area (Å²) in [5.41, 5.74) is 1.51. The molecule has 1 aliphatic heterocycles. The number of methoxy groups -OCH3 is 3. The van der Waals surface area contributed by atoms with Gasteiger partial charge in [-0.1, -0.05) is 22.9 Å². The molecule has 0 unspecified atom stereocenters. The van der Waals surface area contributed by atoms with Crippen molar-refractivity contribution in [2.75, 3.05) is 45.6 Å². The first kappa shape index (κ1) is 32.0. The van der Waals surface area contributed by atoms with Crippen LogP contribution in [-0.4, -0.2) is 59.8 Å². The van der Waals surface area contributed by atoms with Crippen LogP contribution in [-0.2, 0) is 19.4 Å². The minimum absolute atomic E-state index is 0.0519. The third-order valence-electron chi connectivity index (χ3n) is 6.46. The zero-order chi connectivity index (χ0) is 29.3. The molecule has 0 radical (unpaired) electrons. The van der Waals surface area contributed by atoms with Gasteiger partial charge in [0.1, 0.15) is 16.4 Å². The lowest BCUT2D eigenvalue weighted by Gasteiger charge is -2.21. The maximum absolute atomic E-state index is 13.4. The largest absolute Gasteiger partial charge is 0.493 e. The molecule has 1 heterocycles. The molecule has 0 spiro atoms. The summed E-state index contributed by atoms with van der Waals surface area (Å²) < 4.78 is 61.6. The number of ether oxygens (including phenoxy) is 6. The number of unbranched alkanes of at least 4 members (excludes halogenated alkanes) is 1. The van der Waals surface area contributed by atoms with Crippen molar-refractivity contribution in [3.8, 4) is 28.7 Å². The van der Waals surface area contributed by atoms with Crippen molar-refractivity contribution >= 4 is 31.6 Å². The third-order valence-corrected chi connectivity index (χ3v) is 8.78. The van der Waals surface area contributed by atoms with Crippen molar-refractivity contribution < 1.29 is 41.6 Å². The minimum Gasteiger partial charge on any atom is -0.493 e. The van der Waals surface area contributed by atoms with Crippen molar-refractivity contribution in [2.24, 2.45) is 0 Å². The van der Waals surface area contributed by atoms with Crippen LogP contribution in [0.3, 0.4) is 0 Å². The van der Waals surface area contributed by atoms with Crippen molar-refractivity contribution in [2.45, 2.75) is 63.1 Å². The van der Waals surface area contributed by atoms with Crippen LogP contribution < -0.4 is 23.7 Å². The molecule has 0 amide bonds. The Morgan fingerprint density at radius 3 is 2.00 bits per heavy atom. The van der Waals surface area contributed by atoms with E-state index in [9.17, 15) is 13.2 Å². The fourth-order valence-electron chi connectivity index (χ4n) is 4.61. The summed E-state index contributed by atoms with van der Waals surface area (Å²) in [7, 11) is 0.682. The second-order valence-electron chi connectivity index (χ2n) is 9.55. The van der Waals surface area contributed by atoms with E-state index in [1.165, 1.54) is 6.92 Å². The summed E-state index contributed by atoms with van der Waals surface area (Å²) >= 11 is 3.42. The average Bonchev–Trinajstić information content (AvgIpc) is 3.43. The van der Waals surface area contributed by atoms with Gasteiger partial charge in [0.2, 0.25) is 5.75 Å². The van der Waals surface area contributed by atoms with Crippen molar-refractivity contribution in [3.05, 3.63) is 35.4 Å². The van der Waals surface area contributed by atoms with E-state index in [1.54, 1.807) is 33.5 Å². The number of alkyl halides is 1. The molecule has 40 heavy (non-hydrogen) atoms. The maximum atomic E-state index is 13.4. The Balaban J connectivity index is 2.02. The van der Waals surface area contributed by atoms with Gasteiger partial charge < -0.3 is 28.4 Å². The molecule has 0 bridgehead atoms. The van der Waals surface area contributed by atoms with Crippen LogP contribution in [0.5, 0.6) is 28.7 Å². The fraction of sp³-hybridized carbons (Fsp3) is 0.552. The van der Waals surface area contributed by atoms with Gasteiger partial charge in [0.05, 0.1) is 46.8 Å². The first-order valence-electron chi connectivity index (χ1n) is 13.4. The normalized spacial score (nSPS) is 16.9. The van der Waals surface area contributed by atoms with E-state index < -0.39 is 27.5 Å². The van der Waals surface area contributed by atoms with Gasteiger partial charge in [-0.25, -0.2) is 8.42 Å². The highest BCUT2D eigenvalue weighted by Crippen LogP contribution is 2.48. The second kappa shape index (κ2) is 14.9. The first-order chi connectivity index (χ1) is 19.2. The van der Waals surface area contributed by atoms with Gasteiger partial charge in [-0.3, -0.25) is 4.79 Å². The van der Waals surface area contributed by atoms with E-state index in [0.717, 1.165) is 23.7 Å². The smallest absolute Gasteiger partial charge is 0.203 e. The van der Waals surface area contributed by atoms with E-state index >= 15 is 0 Å². The molecule has 0 saturated carbocycles. The highest BCUT2D eigenvalue weighted by molar-refractivity contribution is 9.09. The Bertz CT molecular complexity index is 1240. The summed E-state index contributed by atoms with van der Waals surface area (Å²) in [6.45, 7) is 3.89. The molecule has 1 aliphatic rings. The number of hydrogen-bond acceptors (Lipinski definition) is 9. The van der Waals surface area contributed by atoms with E-state index in [-0.39, 0.29) is 16.7 Å². The minimum atomic E-state index is -3.99. The molecule has 0 N–H and O–H groups in total. The number of sulfone groups is 1. The van der Waals surface area contributed by atoms with Gasteiger partial charge >= 0.3 is 0 Å². The predicted molar refractivity (Wildman–Crippen MR) is 155 cm³/mol. The zero-order valence-electron chi connectivity index (χ0n) is 23.8. The van der Waals surface area contributed by atoms with Crippen LogP contribution >= 0.6 is 15.9 Å². The van der Waals surface area contributed by atoms with Crippen molar-refractivity contribution in [3.63, 3.8) is 0 Å². The molecule has 1 saturated heterocycles. The number of rotatable bonds is 16. The SMILES string of the molecule is CCCOc1c(OCCCCBr)cc([C@@H]2CC[C@@H](c3cc(OC)c(OC)c(OC)c3)O2)cc1S(=O)(=O)CC(C)=O. The molecule has 2 aromatic rings. The van der Waals surface area contributed by atoms with Crippen LogP contribution in [0.2, 0.25) is 0 Å². The standard InChI is InChI=1S/C29H39BrO9S/c1-6-12-38-29-26(37-13-8-7-11-30)16-21(17-27(29)40(32,33)18-19(2)31)23-10-9-22(39-23)20-14-24(34-3)28(36-5)25(15-20)35-4/h14-17,22-23H,6-13,18H2,1-5H3/t22-,23-/m0/s1. The third kappa shape index (κ3) is 7.82. The summed E-state index contributed by atoms with van der Waals surface area (Å²) in [4.78, 5) is 11.8. The molecular formula is C29H39BrO9S. The van der Waals surface area contributed by atoms with Crippen LogP contribution in [0.15, 0.2) is 29.2 Å². The Hall–Kier alpha value is -2.50. The van der Waals surface area contributed by atoms with E-state index in [2.05, 4.69) is 15.9 Å². The van der Waals surface area contributed by atoms with Crippen LogP contribution in [0.1, 0.15) is 69.3 Å². The number of Topliss-reactive ketones (excluding diaryl/α,β-unsaturated/α-hetero) is 1. The van der Waals surface area contributed by atoms with Crippen molar-refractivity contribution in [1.82, 2.24) is 0 Å². The summed E-state index contributed by atoms with van der Waals surface area (Å²) in [6, 6.07) is 7.08. The number of hydrogen-bond donors (Lipinski definition) is 0. The number of carbonyl (C=O) groups is 1. The topological polar surface area (TPSA) is 107 Å². The Morgan fingerprint density at radius 1 is 0.875 bits per heavy atom. The highest BCUT2D eigenvalue weighted by atomic mass is 79.9. The van der Waals surface area contributed by atoms with Gasteiger partial charge in [0, 0.05) is 5.33 Å². The molecule has 2 aromatic carbocycles. The lowest BCUT2D eigenvalue weighted by molar-refractivity contribution is -0.114. The monoisotopic (exact) mass is 642 g/mol. The molecule has 222 valence electrons. The molecule has 0 aliphatic carbocycles. The second-order valence-corrected chi connectivity index (χ2v) is 12.3. The molecule has 3 rings (SSSR count). The molecular weight excluding hydrogens is 604 g/mol. The van der Waals surface area contributed by atoms with Crippen LogP contribution in [0.25, 0.3) is 0 Å². The maximum Gasteiger partial charge on any atom is 0.203 e. The number of halogens is 1. The van der Waals surface area contributed by atoms with Crippen LogP contribution in [0.4, 0.5) is 0 Å². The predicted octanol–water partition coefficient (Wildman–Crippen LogP) is 6.01. The Kier molecular flexibility index (Phi) is 12.0. The van der Waals surface area contributed by atoms with Gasteiger partial charge in [-0.05, 0) is 74.4 Å². The number of benzene rings is 2. The van der Waals surface area contributed by atoms with E-state index in [0.29, 0.717) is 61.0 Å². The zero-order valence-corrected chi connectivity index (χ0v) is 26.2. The van der Waals surface area contributed by atoms with E-state index in [4.69, 9.17) is 28.4 Å². The molecule has 11 heteroatoms. The highest BCUT2D eigenvalue weighted by Gasteiger charge is 2.33. The summed E-state index contributed by atoms with van der Waals surface area (Å²) in [5, 5.41) is 0.839. The van der Waals surface area contributed by atoms with Crippen LogP contribution in [0, 0.1) is 0 Å². The molecule has 9 nitrogen and oxygen atoms in total. The first-order valence-corrected chi connectivity index (χ1v) is 16.1. The number of ketones is 1. The Morgan fingerprint density at radius 2 is 1.48 bits per heavy atom. The summed E-state index contributed by atoms with van der Waals surface area (Å²) in [5.74, 6) is 0.949. The molecule has 2 atom stereocenters. The average molecular weight is 644 g/mol. The number of carbonyl (C=O) groups excluding carboxylic acids is 1. The van der Waals surface area contributed by atoms with E-state index in [1.807, 2.05) is 19.1 Å². The lowest BCUT2D eigenvalue weighted by Crippen LogP contribution is -2.16. The van der Waals surface area contributed by atoms with Gasteiger partial charge in [0.25, 0.3) is 0 Å². The molecule has 0 aromatic heterocycles. The quantitative estimate of drug-likeness (QED) is 0.161.